The van der Waals surface area contributed by atoms with E-state index in [4.69, 9.17) is 18.9 Å². The highest BCUT2D eigenvalue weighted by atomic mass is 16.7. The average Bonchev–Trinajstić information content (AvgIpc) is 3.14. The highest BCUT2D eigenvalue weighted by Crippen LogP contribution is 2.73. The molecule has 0 aromatic heterocycles. The molecule has 0 aromatic rings. The molecule has 0 spiro atoms. The first kappa shape index (κ1) is 30.0. The summed E-state index contributed by atoms with van der Waals surface area (Å²) in [5.74, 6) is -1.04. The number of ketones is 1. The average molecular weight is 585 g/mol. The lowest BCUT2D eigenvalue weighted by Crippen LogP contribution is -2.68. The fourth-order valence-corrected chi connectivity index (χ4v) is 10.8. The molecular weight excluding hydrogens is 536 g/mol. The molecule has 0 unspecified atom stereocenters. The molecule has 2 saturated heterocycles. The predicted octanol–water partition coefficient (Wildman–Crippen LogP) is 4.92. The second kappa shape index (κ2) is 9.24. The van der Waals surface area contributed by atoms with Crippen LogP contribution in [0.25, 0.3) is 0 Å². The number of allylic oxidation sites excluding steroid dienone is 3. The Morgan fingerprint density at radius 2 is 1.64 bits per heavy atom. The van der Waals surface area contributed by atoms with Crippen LogP contribution < -0.4 is 0 Å². The monoisotopic (exact) mass is 584 g/mol. The van der Waals surface area contributed by atoms with Crippen LogP contribution in [0.5, 0.6) is 0 Å². The van der Waals surface area contributed by atoms with E-state index in [2.05, 4.69) is 26.8 Å². The fraction of sp³-hybridized carbons (Fsp3) is 0.794. The van der Waals surface area contributed by atoms with Gasteiger partial charge >= 0.3 is 11.9 Å². The standard InChI is InChI=1S/C34H48O8/c1-17(35)39-26-15-24-30(3,4)25(38)12-13-32(24,7)27-21(37)16-33(8)20(10-11-23(33)34(26,27)9)19-14-22(28-31(5,6)42-28)41-29(19)40-18(2)36/h11-13,19-22,24,26-29,37H,10,14-16H2,1-9H3/t19-,20-,21+,22-,24-,26+,27+,28-,29+,32-,33-,34+/m0/s1. The Kier molecular flexibility index (Phi) is 6.60. The quantitative estimate of drug-likeness (QED) is 0.282. The fourth-order valence-electron chi connectivity index (χ4n) is 10.8. The third kappa shape index (κ3) is 4.07. The zero-order valence-electron chi connectivity index (χ0n) is 26.6. The number of rotatable bonds is 4. The van der Waals surface area contributed by atoms with Crippen molar-refractivity contribution in [2.75, 3.05) is 0 Å². The maximum absolute atomic E-state index is 13.1. The minimum absolute atomic E-state index is 0.0474. The molecule has 232 valence electrons. The normalized spacial score (nSPS) is 49.8. The molecule has 0 bridgehead atoms. The van der Waals surface area contributed by atoms with Gasteiger partial charge in [-0.1, -0.05) is 52.3 Å². The minimum Gasteiger partial charge on any atom is -0.462 e. The van der Waals surface area contributed by atoms with Crippen LogP contribution in [0.1, 0.15) is 88.0 Å². The molecule has 8 heteroatoms. The first-order chi connectivity index (χ1) is 19.4. The lowest BCUT2D eigenvalue weighted by molar-refractivity contribution is -0.213. The van der Waals surface area contributed by atoms with E-state index in [0.29, 0.717) is 19.3 Å². The van der Waals surface area contributed by atoms with Crippen LogP contribution in [0, 0.1) is 45.3 Å². The molecule has 2 aliphatic heterocycles. The van der Waals surface area contributed by atoms with E-state index in [0.717, 1.165) is 6.42 Å². The van der Waals surface area contributed by atoms with Crippen LogP contribution in [-0.4, -0.2) is 59.1 Å². The molecule has 0 amide bonds. The summed E-state index contributed by atoms with van der Waals surface area (Å²) in [4.78, 5) is 37.8. The number of aliphatic hydroxyl groups excluding tert-OH is 1. The van der Waals surface area contributed by atoms with Crippen LogP contribution in [-0.2, 0) is 33.3 Å². The molecule has 6 aliphatic rings. The van der Waals surface area contributed by atoms with Gasteiger partial charge in [0.05, 0.1) is 17.8 Å². The number of aliphatic hydroxyl groups is 1. The van der Waals surface area contributed by atoms with E-state index in [1.54, 1.807) is 6.08 Å². The molecule has 42 heavy (non-hydrogen) atoms. The number of epoxide rings is 1. The number of hydrogen-bond acceptors (Lipinski definition) is 8. The summed E-state index contributed by atoms with van der Waals surface area (Å²) in [7, 11) is 0. The third-order valence-electron chi connectivity index (χ3n) is 12.6. The molecule has 0 aromatic carbocycles. The van der Waals surface area contributed by atoms with Gasteiger partial charge in [-0.2, -0.15) is 0 Å². The summed E-state index contributed by atoms with van der Waals surface area (Å²) < 4.78 is 24.2. The molecule has 8 nitrogen and oxygen atoms in total. The van der Waals surface area contributed by atoms with Gasteiger partial charge in [0.25, 0.3) is 0 Å². The number of carbonyl (C=O) groups is 3. The van der Waals surface area contributed by atoms with Crippen LogP contribution >= 0.6 is 0 Å². The van der Waals surface area contributed by atoms with E-state index in [1.807, 2.05) is 33.8 Å². The third-order valence-corrected chi connectivity index (χ3v) is 12.6. The van der Waals surface area contributed by atoms with E-state index in [1.165, 1.54) is 19.4 Å². The van der Waals surface area contributed by atoms with Crippen molar-refractivity contribution < 1.29 is 38.4 Å². The van der Waals surface area contributed by atoms with E-state index < -0.39 is 40.2 Å². The lowest BCUT2D eigenvalue weighted by atomic mass is 9.37. The summed E-state index contributed by atoms with van der Waals surface area (Å²) in [6.45, 7) is 17.5. The summed E-state index contributed by atoms with van der Waals surface area (Å²) in [6.07, 6.45) is 6.46. The Hall–Kier alpha value is -2.03. The Morgan fingerprint density at radius 3 is 2.24 bits per heavy atom. The van der Waals surface area contributed by atoms with E-state index >= 15 is 0 Å². The van der Waals surface area contributed by atoms with Gasteiger partial charge in [-0.15, -0.1) is 0 Å². The molecular formula is C34H48O8. The molecule has 4 aliphatic carbocycles. The minimum atomic E-state index is -0.701. The van der Waals surface area contributed by atoms with Crippen LogP contribution in [0.15, 0.2) is 23.8 Å². The van der Waals surface area contributed by atoms with E-state index in [-0.39, 0.29) is 59.2 Å². The van der Waals surface area contributed by atoms with Crippen LogP contribution in [0.4, 0.5) is 0 Å². The van der Waals surface area contributed by atoms with Gasteiger partial charge in [0.1, 0.15) is 12.2 Å². The van der Waals surface area contributed by atoms with Crippen molar-refractivity contribution in [3.63, 3.8) is 0 Å². The van der Waals surface area contributed by atoms with Crippen molar-refractivity contribution in [2.24, 2.45) is 45.3 Å². The van der Waals surface area contributed by atoms with Crippen molar-refractivity contribution in [1.29, 1.82) is 0 Å². The SMILES string of the molecule is CC(=O)O[C@@H]1O[C@H]([C@@H]2OC2(C)C)C[C@H]1[C@@H]1CC=C2[C@@]3(C)[C@H]([C@H](O)C[C@]21C)[C@@]1(C)C=CC(=O)C(C)(C)[C@@H]1C[C@H]3OC(C)=O. The Morgan fingerprint density at radius 1 is 1.00 bits per heavy atom. The van der Waals surface area contributed by atoms with E-state index in [9.17, 15) is 19.5 Å². The zero-order chi connectivity index (χ0) is 30.8. The molecule has 12 atom stereocenters. The van der Waals surface area contributed by atoms with Crippen molar-refractivity contribution in [3.8, 4) is 0 Å². The summed E-state index contributed by atoms with van der Waals surface area (Å²) in [6, 6.07) is 0. The van der Waals surface area contributed by atoms with Gasteiger partial charge in [-0.3, -0.25) is 14.4 Å². The number of esters is 2. The predicted molar refractivity (Wildman–Crippen MR) is 154 cm³/mol. The largest absolute Gasteiger partial charge is 0.462 e. The molecule has 0 radical (unpaired) electrons. The number of fused-ring (bicyclic) bond motifs is 5. The first-order valence-corrected chi connectivity index (χ1v) is 15.7. The Bertz CT molecular complexity index is 1260. The zero-order valence-corrected chi connectivity index (χ0v) is 26.6. The highest BCUT2D eigenvalue weighted by Gasteiger charge is 2.72. The summed E-state index contributed by atoms with van der Waals surface area (Å²) in [5.41, 5.74) is -1.27. The summed E-state index contributed by atoms with van der Waals surface area (Å²) >= 11 is 0. The maximum Gasteiger partial charge on any atom is 0.304 e. The number of ether oxygens (including phenoxy) is 4. The van der Waals surface area contributed by atoms with Gasteiger partial charge in [0, 0.05) is 36.5 Å². The molecule has 1 N–H and O–H groups in total. The smallest absolute Gasteiger partial charge is 0.304 e. The van der Waals surface area contributed by atoms with Crippen molar-refractivity contribution in [1.82, 2.24) is 0 Å². The van der Waals surface area contributed by atoms with Crippen molar-refractivity contribution in [3.05, 3.63) is 23.8 Å². The van der Waals surface area contributed by atoms with Gasteiger partial charge in [0.15, 0.2) is 5.78 Å². The van der Waals surface area contributed by atoms with Gasteiger partial charge in [-0.05, 0) is 68.3 Å². The molecule has 2 saturated carbocycles. The number of hydrogen-bond donors (Lipinski definition) is 1. The summed E-state index contributed by atoms with van der Waals surface area (Å²) in [5, 5.41) is 12.2. The van der Waals surface area contributed by atoms with Crippen LogP contribution in [0.2, 0.25) is 0 Å². The van der Waals surface area contributed by atoms with Crippen molar-refractivity contribution >= 4 is 17.7 Å². The Labute approximate surface area is 249 Å². The highest BCUT2D eigenvalue weighted by molar-refractivity contribution is 5.95. The molecule has 6 rings (SSSR count). The lowest BCUT2D eigenvalue weighted by Gasteiger charge is -2.67. The second-order valence-corrected chi connectivity index (χ2v) is 15.8. The first-order valence-electron chi connectivity index (χ1n) is 15.7. The maximum atomic E-state index is 13.1. The Balaban J connectivity index is 1.40. The topological polar surface area (TPSA) is 112 Å². The van der Waals surface area contributed by atoms with Crippen LogP contribution in [0.3, 0.4) is 0 Å². The van der Waals surface area contributed by atoms with Gasteiger partial charge in [0.2, 0.25) is 6.29 Å². The molecule has 2 heterocycles. The van der Waals surface area contributed by atoms with Crippen molar-refractivity contribution in [2.45, 2.75) is 124 Å². The molecule has 4 fully saturated rings. The van der Waals surface area contributed by atoms with Gasteiger partial charge < -0.3 is 24.1 Å². The second-order valence-electron chi connectivity index (χ2n) is 15.8. The van der Waals surface area contributed by atoms with Gasteiger partial charge in [-0.25, -0.2) is 0 Å². The number of carbonyl (C=O) groups excluding carboxylic acids is 3.